The highest BCUT2D eigenvalue weighted by atomic mass is 35.5. The van der Waals surface area contributed by atoms with Crippen molar-refractivity contribution in [2.24, 2.45) is 5.73 Å². The van der Waals surface area contributed by atoms with Crippen molar-refractivity contribution < 1.29 is 4.74 Å². The second kappa shape index (κ2) is 5.08. The van der Waals surface area contributed by atoms with Crippen LogP contribution in [0.2, 0.25) is 5.02 Å². The number of nitrogens with zero attached hydrogens (tertiary/aromatic N) is 1. The second-order valence-corrected chi connectivity index (χ2v) is 5.91. The van der Waals surface area contributed by atoms with Crippen molar-refractivity contribution in [3.8, 4) is 0 Å². The third-order valence-electron chi connectivity index (χ3n) is 3.32. The Morgan fingerprint density at radius 2 is 2.22 bits per heavy atom. The highest BCUT2D eigenvalue weighted by Crippen LogP contribution is 2.31. The number of nitrogens with two attached hydrogens (primary N) is 1. The normalized spacial score (nSPS) is 23.2. The Labute approximate surface area is 114 Å². The SMILES string of the molecule is Cc1c(Cl)cccc1N1CC(CN)OC(C)(C)C1. The summed E-state index contributed by atoms with van der Waals surface area (Å²) in [7, 11) is 0. The molecule has 1 heterocycles. The summed E-state index contributed by atoms with van der Waals surface area (Å²) in [5.41, 5.74) is 7.87. The van der Waals surface area contributed by atoms with Crippen molar-refractivity contribution in [2.45, 2.75) is 32.5 Å². The molecule has 0 saturated carbocycles. The van der Waals surface area contributed by atoms with E-state index in [1.807, 2.05) is 12.1 Å². The first kappa shape index (κ1) is 13.7. The van der Waals surface area contributed by atoms with E-state index < -0.39 is 0 Å². The molecule has 4 heteroatoms. The summed E-state index contributed by atoms with van der Waals surface area (Å²) in [6, 6.07) is 6.02. The van der Waals surface area contributed by atoms with E-state index in [1.54, 1.807) is 0 Å². The lowest BCUT2D eigenvalue weighted by molar-refractivity contribution is -0.0788. The van der Waals surface area contributed by atoms with E-state index in [2.05, 4.69) is 31.7 Å². The van der Waals surface area contributed by atoms with Crippen molar-refractivity contribution >= 4 is 17.3 Å². The lowest BCUT2D eigenvalue weighted by Gasteiger charge is -2.44. The third-order valence-corrected chi connectivity index (χ3v) is 3.73. The van der Waals surface area contributed by atoms with Crippen LogP contribution < -0.4 is 10.6 Å². The number of hydrogen-bond acceptors (Lipinski definition) is 3. The number of morpholine rings is 1. The summed E-state index contributed by atoms with van der Waals surface area (Å²) in [6.07, 6.45) is 0.0760. The molecular formula is C14H21ClN2O. The molecule has 1 aromatic rings. The van der Waals surface area contributed by atoms with E-state index in [0.29, 0.717) is 6.54 Å². The number of anilines is 1. The number of ether oxygens (including phenoxy) is 1. The van der Waals surface area contributed by atoms with Crippen LogP contribution in [0.4, 0.5) is 5.69 Å². The van der Waals surface area contributed by atoms with Gasteiger partial charge < -0.3 is 15.4 Å². The Morgan fingerprint density at radius 3 is 2.89 bits per heavy atom. The average molecular weight is 269 g/mol. The van der Waals surface area contributed by atoms with Gasteiger partial charge in [0.05, 0.1) is 11.7 Å². The van der Waals surface area contributed by atoms with Crippen LogP contribution in [-0.2, 0) is 4.74 Å². The fourth-order valence-electron chi connectivity index (χ4n) is 2.54. The third kappa shape index (κ3) is 2.79. The van der Waals surface area contributed by atoms with Gasteiger partial charge >= 0.3 is 0 Å². The summed E-state index contributed by atoms with van der Waals surface area (Å²) in [5.74, 6) is 0. The molecule has 2 rings (SSSR count). The highest BCUT2D eigenvalue weighted by molar-refractivity contribution is 6.31. The molecule has 1 atom stereocenters. The maximum atomic E-state index is 6.19. The molecule has 100 valence electrons. The van der Waals surface area contributed by atoms with Gasteiger partial charge in [0.25, 0.3) is 0 Å². The molecule has 1 aromatic carbocycles. The standard InChI is InChI=1S/C14H21ClN2O/c1-10-12(15)5-4-6-13(10)17-8-11(7-16)18-14(2,3)9-17/h4-6,11H,7-9,16H2,1-3H3. The fourth-order valence-corrected chi connectivity index (χ4v) is 2.71. The number of benzene rings is 1. The molecule has 1 saturated heterocycles. The number of rotatable bonds is 2. The van der Waals surface area contributed by atoms with Crippen LogP contribution in [0.1, 0.15) is 19.4 Å². The van der Waals surface area contributed by atoms with Gasteiger partial charge in [0.2, 0.25) is 0 Å². The van der Waals surface area contributed by atoms with Crippen molar-refractivity contribution in [1.29, 1.82) is 0 Å². The smallest absolute Gasteiger partial charge is 0.0879 e. The van der Waals surface area contributed by atoms with Gasteiger partial charge in [0.1, 0.15) is 0 Å². The van der Waals surface area contributed by atoms with E-state index in [1.165, 1.54) is 5.69 Å². The van der Waals surface area contributed by atoms with Gasteiger partial charge in [-0.15, -0.1) is 0 Å². The maximum Gasteiger partial charge on any atom is 0.0879 e. The average Bonchev–Trinajstić information content (AvgIpc) is 2.30. The van der Waals surface area contributed by atoms with Gasteiger partial charge in [0, 0.05) is 30.3 Å². The summed E-state index contributed by atoms with van der Waals surface area (Å²) in [5, 5.41) is 0.807. The Hall–Kier alpha value is -0.770. The molecule has 0 radical (unpaired) electrons. The van der Waals surface area contributed by atoms with Gasteiger partial charge in [-0.2, -0.15) is 0 Å². The van der Waals surface area contributed by atoms with E-state index in [-0.39, 0.29) is 11.7 Å². The largest absolute Gasteiger partial charge is 0.367 e. The maximum absolute atomic E-state index is 6.19. The van der Waals surface area contributed by atoms with E-state index >= 15 is 0 Å². The van der Waals surface area contributed by atoms with Crippen LogP contribution >= 0.6 is 11.6 Å². The fraction of sp³-hybridized carbons (Fsp3) is 0.571. The molecule has 0 aliphatic carbocycles. The Bertz CT molecular complexity index is 434. The summed E-state index contributed by atoms with van der Waals surface area (Å²) in [4.78, 5) is 2.32. The van der Waals surface area contributed by atoms with Crippen LogP contribution in [0.3, 0.4) is 0 Å². The molecule has 1 aliphatic rings. The lowest BCUT2D eigenvalue weighted by Crippen LogP contribution is -2.55. The van der Waals surface area contributed by atoms with Crippen molar-refractivity contribution in [3.63, 3.8) is 0 Å². The minimum atomic E-state index is -0.183. The quantitative estimate of drug-likeness (QED) is 0.896. The number of hydrogen-bond donors (Lipinski definition) is 1. The second-order valence-electron chi connectivity index (χ2n) is 5.50. The summed E-state index contributed by atoms with van der Waals surface area (Å²) < 4.78 is 5.95. The van der Waals surface area contributed by atoms with E-state index in [9.17, 15) is 0 Å². The molecule has 0 amide bonds. The number of halogens is 1. The molecule has 1 fully saturated rings. The zero-order valence-electron chi connectivity index (χ0n) is 11.2. The van der Waals surface area contributed by atoms with Gasteiger partial charge in [-0.25, -0.2) is 0 Å². The molecule has 0 aromatic heterocycles. The molecule has 0 bridgehead atoms. The first-order valence-electron chi connectivity index (χ1n) is 6.31. The molecule has 3 nitrogen and oxygen atoms in total. The van der Waals surface area contributed by atoms with Crippen LogP contribution in [0.5, 0.6) is 0 Å². The highest BCUT2D eigenvalue weighted by Gasteiger charge is 2.33. The first-order valence-corrected chi connectivity index (χ1v) is 6.69. The minimum Gasteiger partial charge on any atom is -0.367 e. The van der Waals surface area contributed by atoms with Crippen LogP contribution in [0.25, 0.3) is 0 Å². The van der Waals surface area contributed by atoms with E-state index in [4.69, 9.17) is 22.1 Å². The van der Waals surface area contributed by atoms with Gasteiger partial charge in [0.15, 0.2) is 0 Å². The molecule has 0 spiro atoms. The topological polar surface area (TPSA) is 38.5 Å². The first-order chi connectivity index (χ1) is 8.43. The zero-order valence-corrected chi connectivity index (χ0v) is 12.0. The Kier molecular flexibility index (Phi) is 3.85. The van der Waals surface area contributed by atoms with Gasteiger partial charge in [-0.05, 0) is 38.5 Å². The van der Waals surface area contributed by atoms with Crippen molar-refractivity contribution in [3.05, 3.63) is 28.8 Å². The molecular weight excluding hydrogens is 248 g/mol. The van der Waals surface area contributed by atoms with Crippen LogP contribution in [-0.4, -0.2) is 31.3 Å². The predicted molar refractivity (Wildman–Crippen MR) is 76.4 cm³/mol. The van der Waals surface area contributed by atoms with Crippen molar-refractivity contribution in [2.75, 3.05) is 24.5 Å². The molecule has 18 heavy (non-hydrogen) atoms. The Balaban J connectivity index is 2.29. The molecule has 2 N–H and O–H groups in total. The van der Waals surface area contributed by atoms with Gasteiger partial charge in [-0.1, -0.05) is 17.7 Å². The molecule has 1 unspecified atom stereocenters. The van der Waals surface area contributed by atoms with E-state index in [0.717, 1.165) is 23.7 Å². The monoisotopic (exact) mass is 268 g/mol. The zero-order chi connectivity index (χ0) is 13.3. The summed E-state index contributed by atoms with van der Waals surface area (Å²) in [6.45, 7) is 8.46. The predicted octanol–water partition coefficient (Wildman–Crippen LogP) is 2.59. The van der Waals surface area contributed by atoms with Gasteiger partial charge in [-0.3, -0.25) is 0 Å². The summed E-state index contributed by atoms with van der Waals surface area (Å²) >= 11 is 6.19. The van der Waals surface area contributed by atoms with Crippen LogP contribution in [0.15, 0.2) is 18.2 Å². The van der Waals surface area contributed by atoms with Crippen molar-refractivity contribution in [1.82, 2.24) is 0 Å². The Morgan fingerprint density at radius 1 is 1.50 bits per heavy atom. The lowest BCUT2D eigenvalue weighted by atomic mass is 10.0. The van der Waals surface area contributed by atoms with Crippen LogP contribution in [0, 0.1) is 6.92 Å². The minimum absolute atomic E-state index is 0.0760. The molecule has 1 aliphatic heterocycles.